The summed E-state index contributed by atoms with van der Waals surface area (Å²) in [6, 6.07) is 2.75. The van der Waals surface area contributed by atoms with Crippen LogP contribution in [-0.4, -0.2) is 9.97 Å². The molecule has 0 fully saturated rings. The standard InChI is InChI=1S/C11H9BrFN3O/c1-6-2-10(8(13)3-9(6)14)17-11-7(12)4-15-5-16-11/h2-5H,14H2,1H3. The van der Waals surface area contributed by atoms with Crippen molar-refractivity contribution in [3.05, 3.63) is 40.5 Å². The summed E-state index contributed by atoms with van der Waals surface area (Å²) in [5.41, 5.74) is 6.71. The first kappa shape index (κ1) is 11.8. The zero-order valence-electron chi connectivity index (χ0n) is 8.95. The van der Waals surface area contributed by atoms with Crippen LogP contribution in [0.25, 0.3) is 0 Å². The van der Waals surface area contributed by atoms with Crippen molar-refractivity contribution in [2.45, 2.75) is 6.92 Å². The fraction of sp³-hybridized carbons (Fsp3) is 0.0909. The molecule has 17 heavy (non-hydrogen) atoms. The maximum absolute atomic E-state index is 13.6. The number of nitrogens with two attached hydrogens (primary N) is 1. The molecule has 4 nitrogen and oxygen atoms in total. The van der Waals surface area contributed by atoms with Gasteiger partial charge in [0.15, 0.2) is 11.6 Å². The zero-order valence-corrected chi connectivity index (χ0v) is 10.5. The van der Waals surface area contributed by atoms with Gasteiger partial charge in [-0.05, 0) is 34.5 Å². The van der Waals surface area contributed by atoms with Crippen molar-refractivity contribution < 1.29 is 9.13 Å². The van der Waals surface area contributed by atoms with Crippen molar-refractivity contribution in [3.63, 3.8) is 0 Å². The molecule has 0 saturated heterocycles. The Morgan fingerprint density at radius 3 is 2.88 bits per heavy atom. The third-order valence-electron chi connectivity index (χ3n) is 2.16. The normalized spacial score (nSPS) is 10.3. The minimum Gasteiger partial charge on any atom is -0.435 e. The van der Waals surface area contributed by atoms with Crippen molar-refractivity contribution in [2.75, 3.05) is 5.73 Å². The molecule has 0 radical (unpaired) electrons. The number of nitrogen functional groups attached to an aromatic ring is 1. The molecule has 1 aromatic heterocycles. The number of hydrogen-bond acceptors (Lipinski definition) is 4. The fourth-order valence-corrected chi connectivity index (χ4v) is 1.53. The predicted octanol–water partition coefficient (Wildman–Crippen LogP) is 3.06. The van der Waals surface area contributed by atoms with E-state index in [1.54, 1.807) is 6.92 Å². The molecule has 0 aliphatic carbocycles. The largest absolute Gasteiger partial charge is 0.435 e. The summed E-state index contributed by atoms with van der Waals surface area (Å²) in [5.74, 6) is -0.196. The molecule has 0 aliphatic rings. The number of hydrogen-bond donors (Lipinski definition) is 1. The number of halogens is 2. The molecule has 0 aliphatic heterocycles. The van der Waals surface area contributed by atoms with Crippen LogP contribution < -0.4 is 10.5 Å². The van der Waals surface area contributed by atoms with Crippen LogP contribution in [0.3, 0.4) is 0 Å². The summed E-state index contributed by atoms with van der Waals surface area (Å²) in [4.78, 5) is 7.68. The minimum atomic E-state index is -0.529. The molecule has 0 saturated carbocycles. The Kier molecular flexibility index (Phi) is 3.23. The van der Waals surface area contributed by atoms with E-state index in [1.807, 2.05) is 0 Å². The average molecular weight is 298 g/mol. The monoisotopic (exact) mass is 297 g/mol. The second-order valence-corrected chi connectivity index (χ2v) is 4.27. The van der Waals surface area contributed by atoms with E-state index < -0.39 is 5.82 Å². The number of anilines is 1. The number of aryl methyl sites for hydroxylation is 1. The highest BCUT2D eigenvalue weighted by Gasteiger charge is 2.10. The van der Waals surface area contributed by atoms with Crippen LogP contribution in [0.5, 0.6) is 11.6 Å². The lowest BCUT2D eigenvalue weighted by Gasteiger charge is -2.09. The number of ether oxygens (including phenoxy) is 1. The molecule has 0 spiro atoms. The van der Waals surface area contributed by atoms with Gasteiger partial charge in [-0.25, -0.2) is 14.4 Å². The van der Waals surface area contributed by atoms with Gasteiger partial charge in [0, 0.05) is 18.0 Å². The van der Waals surface area contributed by atoms with Crippen LogP contribution in [0.1, 0.15) is 5.56 Å². The van der Waals surface area contributed by atoms with Crippen LogP contribution in [-0.2, 0) is 0 Å². The molecule has 0 atom stereocenters. The lowest BCUT2D eigenvalue weighted by molar-refractivity contribution is 0.423. The van der Waals surface area contributed by atoms with E-state index in [0.29, 0.717) is 10.2 Å². The van der Waals surface area contributed by atoms with E-state index in [0.717, 1.165) is 5.56 Å². The van der Waals surface area contributed by atoms with Gasteiger partial charge in [-0.2, -0.15) is 0 Å². The maximum Gasteiger partial charge on any atom is 0.236 e. The van der Waals surface area contributed by atoms with Gasteiger partial charge in [0.25, 0.3) is 0 Å². The SMILES string of the molecule is Cc1cc(Oc2ncncc2Br)c(F)cc1N. The first-order valence-electron chi connectivity index (χ1n) is 4.77. The summed E-state index contributed by atoms with van der Waals surface area (Å²) in [5, 5.41) is 0. The van der Waals surface area contributed by atoms with E-state index in [2.05, 4.69) is 25.9 Å². The van der Waals surface area contributed by atoms with E-state index in [4.69, 9.17) is 10.5 Å². The third kappa shape index (κ3) is 2.52. The van der Waals surface area contributed by atoms with Crippen LogP contribution in [0, 0.1) is 12.7 Å². The Morgan fingerprint density at radius 2 is 2.18 bits per heavy atom. The molecule has 2 N–H and O–H groups in total. The lowest BCUT2D eigenvalue weighted by Crippen LogP contribution is -1.96. The Balaban J connectivity index is 2.37. The van der Waals surface area contributed by atoms with Gasteiger partial charge in [0.2, 0.25) is 5.88 Å². The van der Waals surface area contributed by atoms with Gasteiger partial charge in [0.05, 0.1) is 4.47 Å². The Bertz CT molecular complexity index is 562. The van der Waals surface area contributed by atoms with Crippen molar-refractivity contribution in [2.24, 2.45) is 0 Å². The summed E-state index contributed by atoms with van der Waals surface area (Å²) in [6.07, 6.45) is 2.84. The summed E-state index contributed by atoms with van der Waals surface area (Å²) in [6.45, 7) is 1.77. The molecule has 2 rings (SSSR count). The number of rotatable bonds is 2. The predicted molar refractivity (Wildman–Crippen MR) is 65.4 cm³/mol. The molecule has 0 bridgehead atoms. The van der Waals surface area contributed by atoms with Gasteiger partial charge >= 0.3 is 0 Å². The molecule has 1 aromatic carbocycles. The topological polar surface area (TPSA) is 61.0 Å². The highest BCUT2D eigenvalue weighted by atomic mass is 79.9. The highest BCUT2D eigenvalue weighted by Crippen LogP contribution is 2.30. The van der Waals surface area contributed by atoms with Crippen LogP contribution in [0.4, 0.5) is 10.1 Å². The van der Waals surface area contributed by atoms with Crippen molar-refractivity contribution in [1.29, 1.82) is 0 Å². The van der Waals surface area contributed by atoms with E-state index in [-0.39, 0.29) is 11.6 Å². The van der Waals surface area contributed by atoms with Gasteiger partial charge in [-0.1, -0.05) is 0 Å². The maximum atomic E-state index is 13.6. The van der Waals surface area contributed by atoms with Gasteiger partial charge in [0.1, 0.15) is 6.33 Å². The second-order valence-electron chi connectivity index (χ2n) is 3.42. The number of aromatic nitrogens is 2. The Labute approximate surface area is 106 Å². The molecule has 1 heterocycles. The zero-order chi connectivity index (χ0) is 12.4. The third-order valence-corrected chi connectivity index (χ3v) is 2.70. The van der Waals surface area contributed by atoms with E-state index in [1.165, 1.54) is 24.7 Å². The number of benzene rings is 1. The average Bonchev–Trinajstić information content (AvgIpc) is 2.29. The molecule has 88 valence electrons. The first-order chi connectivity index (χ1) is 8.08. The lowest BCUT2D eigenvalue weighted by atomic mass is 10.2. The summed E-state index contributed by atoms with van der Waals surface area (Å²) in [7, 11) is 0. The summed E-state index contributed by atoms with van der Waals surface area (Å²) >= 11 is 3.21. The fourth-order valence-electron chi connectivity index (χ4n) is 1.23. The van der Waals surface area contributed by atoms with Crippen LogP contribution in [0.2, 0.25) is 0 Å². The minimum absolute atomic E-state index is 0.0797. The smallest absolute Gasteiger partial charge is 0.236 e. The highest BCUT2D eigenvalue weighted by molar-refractivity contribution is 9.10. The van der Waals surface area contributed by atoms with Crippen LogP contribution >= 0.6 is 15.9 Å². The second kappa shape index (κ2) is 4.67. The molecular weight excluding hydrogens is 289 g/mol. The van der Waals surface area contributed by atoms with Gasteiger partial charge < -0.3 is 10.5 Å². The first-order valence-corrected chi connectivity index (χ1v) is 5.56. The number of nitrogens with zero attached hydrogens (tertiary/aromatic N) is 2. The molecule has 0 unspecified atom stereocenters. The molecule has 2 aromatic rings. The molecule has 6 heteroatoms. The van der Waals surface area contributed by atoms with E-state index >= 15 is 0 Å². The van der Waals surface area contributed by atoms with Crippen molar-refractivity contribution >= 4 is 21.6 Å². The Hall–Kier alpha value is -1.69. The van der Waals surface area contributed by atoms with E-state index in [9.17, 15) is 4.39 Å². The quantitative estimate of drug-likeness (QED) is 0.866. The van der Waals surface area contributed by atoms with Crippen molar-refractivity contribution in [1.82, 2.24) is 9.97 Å². The molecule has 0 amide bonds. The van der Waals surface area contributed by atoms with Gasteiger partial charge in [-0.3, -0.25) is 0 Å². The van der Waals surface area contributed by atoms with Crippen molar-refractivity contribution in [3.8, 4) is 11.6 Å². The van der Waals surface area contributed by atoms with Crippen LogP contribution in [0.15, 0.2) is 29.1 Å². The summed E-state index contributed by atoms with van der Waals surface area (Å²) < 4.78 is 19.5. The van der Waals surface area contributed by atoms with Gasteiger partial charge in [-0.15, -0.1) is 0 Å². The Morgan fingerprint density at radius 1 is 1.41 bits per heavy atom. The molecular formula is C11H9BrFN3O.